The van der Waals surface area contributed by atoms with Gasteiger partial charge in [0.05, 0.1) is 12.6 Å². The fourth-order valence-corrected chi connectivity index (χ4v) is 3.52. The lowest BCUT2D eigenvalue weighted by Crippen LogP contribution is -2.36. The standard InChI is InChI=1S/C15H27N5O/c1-18-7-3-4-12(10-18)15-17-16-14(19(15)2)11-20-8-5-13(21)6-9-20/h12-13,21H,3-11H2,1-2H3/t12-/m1/s1. The van der Waals surface area contributed by atoms with Crippen LogP contribution in [0, 0.1) is 0 Å². The molecular formula is C15H27N5O. The number of rotatable bonds is 3. The van der Waals surface area contributed by atoms with Crippen LogP contribution >= 0.6 is 0 Å². The van der Waals surface area contributed by atoms with E-state index in [1.165, 1.54) is 19.4 Å². The van der Waals surface area contributed by atoms with Crippen LogP contribution in [0.25, 0.3) is 0 Å². The molecule has 2 fully saturated rings. The molecule has 21 heavy (non-hydrogen) atoms. The minimum Gasteiger partial charge on any atom is -0.393 e. The Labute approximate surface area is 126 Å². The lowest BCUT2D eigenvalue weighted by Gasteiger charge is -2.30. The molecule has 118 valence electrons. The van der Waals surface area contributed by atoms with Gasteiger partial charge >= 0.3 is 0 Å². The van der Waals surface area contributed by atoms with Gasteiger partial charge in [-0.05, 0) is 39.3 Å². The first-order valence-electron chi connectivity index (χ1n) is 8.10. The minimum atomic E-state index is -0.117. The maximum absolute atomic E-state index is 9.58. The summed E-state index contributed by atoms with van der Waals surface area (Å²) < 4.78 is 2.19. The third-order valence-corrected chi connectivity index (χ3v) is 4.91. The van der Waals surface area contributed by atoms with E-state index in [0.717, 1.165) is 50.7 Å². The predicted molar refractivity (Wildman–Crippen MR) is 81.0 cm³/mol. The van der Waals surface area contributed by atoms with E-state index in [1.807, 2.05) is 0 Å². The number of hydrogen-bond donors (Lipinski definition) is 1. The predicted octanol–water partition coefficient (Wildman–Crippen LogP) is 0.581. The summed E-state index contributed by atoms with van der Waals surface area (Å²) in [5.74, 6) is 2.70. The molecule has 1 aromatic rings. The van der Waals surface area contributed by atoms with Crippen molar-refractivity contribution in [2.24, 2.45) is 7.05 Å². The normalized spacial score (nSPS) is 26.3. The highest BCUT2D eigenvalue weighted by Gasteiger charge is 2.25. The molecule has 0 aliphatic carbocycles. The van der Waals surface area contributed by atoms with Crippen LogP contribution in [-0.4, -0.2) is 69.0 Å². The molecule has 6 heteroatoms. The van der Waals surface area contributed by atoms with Crippen LogP contribution in [0.4, 0.5) is 0 Å². The average Bonchev–Trinajstić information content (AvgIpc) is 2.83. The van der Waals surface area contributed by atoms with Gasteiger partial charge < -0.3 is 14.6 Å². The summed E-state index contributed by atoms with van der Waals surface area (Å²) in [6.07, 6.45) is 4.09. The van der Waals surface area contributed by atoms with E-state index in [9.17, 15) is 5.11 Å². The zero-order valence-corrected chi connectivity index (χ0v) is 13.2. The van der Waals surface area contributed by atoms with Crippen molar-refractivity contribution in [2.75, 3.05) is 33.2 Å². The highest BCUT2D eigenvalue weighted by Crippen LogP contribution is 2.25. The Morgan fingerprint density at radius 3 is 2.57 bits per heavy atom. The van der Waals surface area contributed by atoms with E-state index in [2.05, 4.69) is 38.7 Å². The molecule has 3 rings (SSSR count). The van der Waals surface area contributed by atoms with Gasteiger partial charge in [0.25, 0.3) is 0 Å². The fraction of sp³-hybridized carbons (Fsp3) is 0.867. The molecule has 6 nitrogen and oxygen atoms in total. The summed E-state index contributed by atoms with van der Waals surface area (Å²) >= 11 is 0. The number of likely N-dealkylation sites (tertiary alicyclic amines) is 2. The van der Waals surface area contributed by atoms with E-state index >= 15 is 0 Å². The molecule has 2 aliphatic heterocycles. The SMILES string of the molecule is CN1CCC[C@@H](c2nnc(CN3CCC(O)CC3)n2C)C1. The number of aromatic nitrogens is 3. The summed E-state index contributed by atoms with van der Waals surface area (Å²) in [6, 6.07) is 0. The minimum absolute atomic E-state index is 0.117. The van der Waals surface area contributed by atoms with Gasteiger partial charge in [-0.3, -0.25) is 4.90 Å². The molecule has 0 aromatic carbocycles. The second kappa shape index (κ2) is 6.42. The van der Waals surface area contributed by atoms with Crippen LogP contribution in [0.1, 0.15) is 43.3 Å². The smallest absolute Gasteiger partial charge is 0.146 e. The number of aliphatic hydroxyl groups is 1. The van der Waals surface area contributed by atoms with Gasteiger partial charge in [0.2, 0.25) is 0 Å². The maximum atomic E-state index is 9.58. The first-order valence-corrected chi connectivity index (χ1v) is 8.10. The highest BCUT2D eigenvalue weighted by molar-refractivity contribution is 5.04. The Bertz CT molecular complexity index is 467. The van der Waals surface area contributed by atoms with Crippen molar-refractivity contribution in [2.45, 2.75) is 44.2 Å². The topological polar surface area (TPSA) is 57.4 Å². The lowest BCUT2D eigenvalue weighted by molar-refractivity contribution is 0.0775. The van der Waals surface area contributed by atoms with Gasteiger partial charge in [-0.1, -0.05) is 0 Å². The van der Waals surface area contributed by atoms with E-state index in [0.29, 0.717) is 5.92 Å². The fourth-order valence-electron chi connectivity index (χ4n) is 3.52. The molecule has 0 amide bonds. The van der Waals surface area contributed by atoms with Crippen LogP contribution < -0.4 is 0 Å². The quantitative estimate of drug-likeness (QED) is 0.883. The Morgan fingerprint density at radius 2 is 1.86 bits per heavy atom. The molecular weight excluding hydrogens is 266 g/mol. The molecule has 3 heterocycles. The van der Waals surface area contributed by atoms with Crippen LogP contribution in [0.2, 0.25) is 0 Å². The van der Waals surface area contributed by atoms with Crippen molar-refractivity contribution in [1.82, 2.24) is 24.6 Å². The maximum Gasteiger partial charge on any atom is 0.146 e. The van der Waals surface area contributed by atoms with Crippen molar-refractivity contribution in [3.8, 4) is 0 Å². The van der Waals surface area contributed by atoms with Gasteiger partial charge in [0.15, 0.2) is 0 Å². The molecule has 0 spiro atoms. The van der Waals surface area contributed by atoms with Gasteiger partial charge in [-0.15, -0.1) is 10.2 Å². The van der Waals surface area contributed by atoms with Crippen molar-refractivity contribution in [3.05, 3.63) is 11.6 Å². The van der Waals surface area contributed by atoms with Crippen LogP contribution in [0.3, 0.4) is 0 Å². The molecule has 0 unspecified atom stereocenters. The Morgan fingerprint density at radius 1 is 1.10 bits per heavy atom. The first kappa shape index (κ1) is 14.9. The number of likely N-dealkylation sites (N-methyl/N-ethyl adjacent to an activating group) is 1. The molecule has 0 saturated carbocycles. The zero-order chi connectivity index (χ0) is 14.8. The summed E-state index contributed by atoms with van der Waals surface area (Å²) in [6.45, 7) is 5.03. The second-order valence-electron chi connectivity index (χ2n) is 6.64. The highest BCUT2D eigenvalue weighted by atomic mass is 16.3. The van der Waals surface area contributed by atoms with Crippen molar-refractivity contribution in [1.29, 1.82) is 0 Å². The van der Waals surface area contributed by atoms with E-state index in [4.69, 9.17) is 0 Å². The summed E-state index contributed by atoms with van der Waals surface area (Å²) in [5, 5.41) is 18.5. The summed E-state index contributed by atoms with van der Waals surface area (Å²) in [4.78, 5) is 4.75. The molecule has 0 radical (unpaired) electrons. The zero-order valence-electron chi connectivity index (χ0n) is 13.2. The third kappa shape index (κ3) is 3.44. The average molecular weight is 293 g/mol. The summed E-state index contributed by atoms with van der Waals surface area (Å²) in [7, 11) is 4.28. The van der Waals surface area contributed by atoms with Gasteiger partial charge in [-0.25, -0.2) is 0 Å². The largest absolute Gasteiger partial charge is 0.393 e. The van der Waals surface area contributed by atoms with Crippen molar-refractivity contribution in [3.63, 3.8) is 0 Å². The summed E-state index contributed by atoms with van der Waals surface area (Å²) in [5.41, 5.74) is 0. The molecule has 2 saturated heterocycles. The van der Waals surface area contributed by atoms with E-state index < -0.39 is 0 Å². The molecule has 1 aromatic heterocycles. The Kier molecular flexibility index (Phi) is 4.57. The van der Waals surface area contributed by atoms with Gasteiger partial charge in [0, 0.05) is 32.6 Å². The first-order chi connectivity index (χ1) is 10.1. The molecule has 2 aliphatic rings. The Balaban J connectivity index is 1.65. The van der Waals surface area contributed by atoms with Crippen LogP contribution in [0.5, 0.6) is 0 Å². The monoisotopic (exact) mass is 293 g/mol. The van der Waals surface area contributed by atoms with Crippen LogP contribution in [-0.2, 0) is 13.6 Å². The van der Waals surface area contributed by atoms with Crippen LogP contribution in [0.15, 0.2) is 0 Å². The third-order valence-electron chi connectivity index (χ3n) is 4.91. The number of aliphatic hydroxyl groups excluding tert-OH is 1. The van der Waals surface area contributed by atoms with Crippen molar-refractivity contribution < 1.29 is 5.11 Å². The number of hydrogen-bond acceptors (Lipinski definition) is 5. The second-order valence-corrected chi connectivity index (χ2v) is 6.64. The number of nitrogens with zero attached hydrogens (tertiary/aromatic N) is 5. The Hall–Kier alpha value is -0.980. The molecule has 1 N–H and O–H groups in total. The van der Waals surface area contributed by atoms with Gasteiger partial charge in [0.1, 0.15) is 11.6 Å². The van der Waals surface area contributed by atoms with Gasteiger partial charge in [-0.2, -0.15) is 0 Å². The van der Waals surface area contributed by atoms with E-state index in [-0.39, 0.29) is 6.10 Å². The molecule has 1 atom stereocenters. The lowest BCUT2D eigenvalue weighted by atomic mass is 9.98. The number of piperidine rings is 2. The molecule has 0 bridgehead atoms. The van der Waals surface area contributed by atoms with E-state index in [1.54, 1.807) is 0 Å². The van der Waals surface area contributed by atoms with Crippen molar-refractivity contribution >= 4 is 0 Å².